The molecule has 10 heteroatoms. The number of benzene rings is 1. The van der Waals surface area contributed by atoms with Gasteiger partial charge in [0.05, 0.1) is 50.3 Å². The zero-order valence-corrected chi connectivity index (χ0v) is 20.4. The van der Waals surface area contributed by atoms with E-state index in [4.69, 9.17) is 25.7 Å². The molecule has 0 aromatic heterocycles. The van der Waals surface area contributed by atoms with Crippen molar-refractivity contribution in [2.24, 2.45) is 17.4 Å². The molecule has 9 nitrogen and oxygen atoms in total. The number of nitrogens with one attached hydrogen (secondary N) is 1. The van der Waals surface area contributed by atoms with Crippen LogP contribution in [0.25, 0.3) is 0 Å². The van der Waals surface area contributed by atoms with Crippen molar-refractivity contribution in [2.75, 3.05) is 65.0 Å². The average Bonchev–Trinajstić information content (AvgIpc) is 2.80. The second-order valence-corrected chi connectivity index (χ2v) is 9.81. The van der Waals surface area contributed by atoms with Gasteiger partial charge in [0, 0.05) is 19.5 Å². The minimum Gasteiger partial charge on any atom is -0.378 e. The summed E-state index contributed by atoms with van der Waals surface area (Å²) in [5.41, 5.74) is 10.9. The third-order valence-corrected chi connectivity index (χ3v) is 6.82. The van der Waals surface area contributed by atoms with E-state index >= 15 is 0 Å². The maximum atomic E-state index is 12.8. The normalized spacial score (nSPS) is 12.5. The van der Waals surface area contributed by atoms with Crippen LogP contribution in [0.3, 0.4) is 0 Å². The number of nitrogens with two attached hydrogens (primary N) is 2. The highest BCUT2D eigenvalue weighted by atomic mass is 32.2. The van der Waals surface area contributed by atoms with Crippen LogP contribution in [0.4, 0.5) is 0 Å². The molecule has 0 fully saturated rings. The van der Waals surface area contributed by atoms with Crippen molar-refractivity contribution >= 4 is 15.7 Å². The first-order chi connectivity index (χ1) is 16.0. The van der Waals surface area contributed by atoms with E-state index < -0.39 is 9.84 Å². The van der Waals surface area contributed by atoms with Crippen molar-refractivity contribution in [3.63, 3.8) is 0 Å². The Balaban J connectivity index is 2.33. The van der Waals surface area contributed by atoms with Gasteiger partial charge in [-0.1, -0.05) is 31.0 Å². The van der Waals surface area contributed by atoms with E-state index in [0.29, 0.717) is 70.6 Å². The molecule has 1 atom stereocenters. The fourth-order valence-electron chi connectivity index (χ4n) is 3.26. The Hall–Kier alpha value is -1.56. The van der Waals surface area contributed by atoms with Crippen LogP contribution in [0.1, 0.15) is 32.1 Å². The second-order valence-electron chi connectivity index (χ2n) is 7.78. The number of ether oxygens (including phenoxy) is 3. The average molecular weight is 488 g/mol. The zero-order valence-electron chi connectivity index (χ0n) is 19.6. The molecule has 0 bridgehead atoms. The van der Waals surface area contributed by atoms with E-state index in [1.54, 1.807) is 30.3 Å². The summed E-state index contributed by atoms with van der Waals surface area (Å²) in [6.45, 7) is 4.21. The molecule has 0 heterocycles. The highest BCUT2D eigenvalue weighted by molar-refractivity contribution is 7.91. The number of carbonyl (C=O) groups excluding carboxylic acids is 1. The van der Waals surface area contributed by atoms with Crippen LogP contribution in [-0.4, -0.2) is 79.4 Å². The molecule has 33 heavy (non-hydrogen) atoms. The van der Waals surface area contributed by atoms with Gasteiger partial charge in [0.2, 0.25) is 5.91 Å². The van der Waals surface area contributed by atoms with Gasteiger partial charge in [0.15, 0.2) is 9.84 Å². The number of hydrogen-bond donors (Lipinski definition) is 3. The zero-order chi connectivity index (χ0) is 24.2. The number of unbranched alkanes of at least 4 members (excludes halogenated alkanes) is 2. The Kier molecular flexibility index (Phi) is 16.8. The van der Waals surface area contributed by atoms with Gasteiger partial charge in [-0.2, -0.15) is 0 Å². The highest BCUT2D eigenvalue weighted by Crippen LogP contribution is 2.21. The van der Waals surface area contributed by atoms with Crippen LogP contribution < -0.4 is 16.8 Å². The standard InChI is InChI=1S/C23H41N3O6S/c24-10-6-2-3-7-21(20-33(28,29)22-8-4-1-5-9-22)19-23(27)26-12-14-31-16-18-32-17-15-30-13-11-25/h1,4-5,8-9,21H,2-3,6-7,10-20,24-25H2,(H,26,27). The number of rotatable bonds is 21. The fraction of sp³-hybridized carbons (Fsp3) is 0.696. The maximum absolute atomic E-state index is 12.8. The van der Waals surface area contributed by atoms with Crippen LogP contribution in [0, 0.1) is 5.92 Å². The van der Waals surface area contributed by atoms with Gasteiger partial charge in [-0.25, -0.2) is 8.42 Å². The van der Waals surface area contributed by atoms with Crippen LogP contribution in [-0.2, 0) is 28.8 Å². The SMILES string of the molecule is NCCCCCC(CC(=O)NCCOCCOCCOCCN)CS(=O)(=O)c1ccccc1. The summed E-state index contributed by atoms with van der Waals surface area (Å²) in [6.07, 6.45) is 3.50. The van der Waals surface area contributed by atoms with Gasteiger partial charge in [0.1, 0.15) is 0 Å². The number of carbonyl (C=O) groups is 1. The van der Waals surface area contributed by atoms with Gasteiger partial charge in [0.25, 0.3) is 0 Å². The topological polar surface area (TPSA) is 143 Å². The first kappa shape index (κ1) is 29.5. The molecule has 1 aromatic rings. The van der Waals surface area contributed by atoms with Gasteiger partial charge in [-0.15, -0.1) is 0 Å². The van der Waals surface area contributed by atoms with Gasteiger partial charge < -0.3 is 31.0 Å². The maximum Gasteiger partial charge on any atom is 0.220 e. The summed E-state index contributed by atoms with van der Waals surface area (Å²) in [5, 5.41) is 2.81. The first-order valence-corrected chi connectivity index (χ1v) is 13.3. The summed E-state index contributed by atoms with van der Waals surface area (Å²) in [4.78, 5) is 12.7. The molecule has 0 radical (unpaired) electrons. The van der Waals surface area contributed by atoms with Crippen molar-refractivity contribution in [1.29, 1.82) is 0 Å². The minimum absolute atomic E-state index is 0.0457. The van der Waals surface area contributed by atoms with E-state index in [1.165, 1.54) is 0 Å². The van der Waals surface area contributed by atoms with E-state index in [1.807, 2.05) is 0 Å². The monoisotopic (exact) mass is 487 g/mol. The Morgan fingerprint density at radius 2 is 1.48 bits per heavy atom. The molecular formula is C23H41N3O6S. The lowest BCUT2D eigenvalue weighted by Gasteiger charge is -2.17. The summed E-state index contributed by atoms with van der Waals surface area (Å²) in [7, 11) is -3.45. The first-order valence-electron chi connectivity index (χ1n) is 11.7. The van der Waals surface area contributed by atoms with Crippen molar-refractivity contribution < 1.29 is 27.4 Å². The van der Waals surface area contributed by atoms with E-state index in [0.717, 1.165) is 19.3 Å². The van der Waals surface area contributed by atoms with Gasteiger partial charge >= 0.3 is 0 Å². The molecule has 0 aliphatic heterocycles. The van der Waals surface area contributed by atoms with Gasteiger partial charge in [-0.3, -0.25) is 4.79 Å². The highest BCUT2D eigenvalue weighted by Gasteiger charge is 2.23. The van der Waals surface area contributed by atoms with E-state index in [-0.39, 0.29) is 24.0 Å². The minimum atomic E-state index is -3.45. The van der Waals surface area contributed by atoms with Crippen LogP contribution in [0.2, 0.25) is 0 Å². The van der Waals surface area contributed by atoms with Crippen LogP contribution >= 0.6 is 0 Å². The third kappa shape index (κ3) is 15.1. The lowest BCUT2D eigenvalue weighted by molar-refractivity contribution is -0.122. The Labute approximate surface area is 198 Å². The molecule has 1 unspecified atom stereocenters. The van der Waals surface area contributed by atoms with Crippen molar-refractivity contribution in [3.05, 3.63) is 30.3 Å². The largest absolute Gasteiger partial charge is 0.378 e. The molecule has 0 saturated heterocycles. The molecule has 0 spiro atoms. The third-order valence-electron chi connectivity index (χ3n) is 4.92. The molecule has 5 N–H and O–H groups in total. The molecule has 1 rings (SSSR count). The van der Waals surface area contributed by atoms with Crippen molar-refractivity contribution in [3.8, 4) is 0 Å². The summed E-state index contributed by atoms with van der Waals surface area (Å²) in [5.74, 6) is -0.460. The Bertz CT molecular complexity index is 718. The molecule has 0 aliphatic carbocycles. The number of sulfone groups is 1. The molecule has 1 aromatic carbocycles. The summed E-state index contributed by atoms with van der Waals surface area (Å²) >= 11 is 0. The molecule has 0 aliphatic rings. The molecular weight excluding hydrogens is 446 g/mol. The fourth-order valence-corrected chi connectivity index (χ4v) is 4.92. The second kappa shape index (κ2) is 18.8. The van der Waals surface area contributed by atoms with Crippen molar-refractivity contribution in [2.45, 2.75) is 37.0 Å². The predicted octanol–water partition coefficient (Wildman–Crippen LogP) is 1.11. The smallest absolute Gasteiger partial charge is 0.220 e. The van der Waals surface area contributed by atoms with E-state index in [2.05, 4.69) is 5.32 Å². The lowest BCUT2D eigenvalue weighted by Crippen LogP contribution is -2.31. The quantitative estimate of drug-likeness (QED) is 0.219. The Morgan fingerprint density at radius 1 is 0.848 bits per heavy atom. The summed E-state index contributed by atoms with van der Waals surface area (Å²) < 4.78 is 41.5. The lowest BCUT2D eigenvalue weighted by atomic mass is 9.99. The molecule has 1 amide bonds. The van der Waals surface area contributed by atoms with Gasteiger partial charge in [-0.05, 0) is 37.4 Å². The number of hydrogen-bond acceptors (Lipinski definition) is 8. The van der Waals surface area contributed by atoms with E-state index in [9.17, 15) is 13.2 Å². The molecule has 0 saturated carbocycles. The van der Waals surface area contributed by atoms with Crippen LogP contribution in [0.15, 0.2) is 35.2 Å². The predicted molar refractivity (Wildman–Crippen MR) is 129 cm³/mol. The van der Waals surface area contributed by atoms with Crippen molar-refractivity contribution in [1.82, 2.24) is 5.32 Å². The van der Waals surface area contributed by atoms with Crippen LogP contribution in [0.5, 0.6) is 0 Å². The summed E-state index contributed by atoms with van der Waals surface area (Å²) in [6, 6.07) is 8.38. The number of amides is 1. The Morgan fingerprint density at radius 3 is 2.12 bits per heavy atom. The molecule has 190 valence electrons.